The zero-order valence-corrected chi connectivity index (χ0v) is 15.9. The number of amides is 3. The van der Waals surface area contributed by atoms with E-state index in [0.717, 1.165) is 20.6 Å². The van der Waals surface area contributed by atoms with Crippen LogP contribution in [0.3, 0.4) is 0 Å². The van der Waals surface area contributed by atoms with Gasteiger partial charge in [-0.3, -0.25) is 9.69 Å². The number of hydrogen-bond acceptors (Lipinski definition) is 3. The molecule has 0 radical (unpaired) electrons. The second kappa shape index (κ2) is 7.29. The van der Waals surface area contributed by atoms with E-state index in [2.05, 4.69) is 21.2 Å². The highest BCUT2D eigenvalue weighted by atomic mass is 79.9. The van der Waals surface area contributed by atoms with Crippen LogP contribution in [0.25, 0.3) is 6.08 Å². The summed E-state index contributed by atoms with van der Waals surface area (Å²) < 4.78 is 13.9. The number of urea groups is 1. The van der Waals surface area contributed by atoms with Gasteiger partial charge in [0.2, 0.25) is 0 Å². The van der Waals surface area contributed by atoms with Crippen molar-refractivity contribution >= 4 is 39.6 Å². The van der Waals surface area contributed by atoms with Crippen molar-refractivity contribution in [3.8, 4) is 0 Å². The lowest BCUT2D eigenvalue weighted by Crippen LogP contribution is -2.30. The quantitative estimate of drug-likeness (QED) is 0.608. The van der Waals surface area contributed by atoms with E-state index in [9.17, 15) is 14.0 Å². The van der Waals surface area contributed by atoms with Gasteiger partial charge in [0.1, 0.15) is 11.5 Å². The van der Waals surface area contributed by atoms with Gasteiger partial charge in [-0.15, -0.1) is 0 Å². The van der Waals surface area contributed by atoms with Gasteiger partial charge in [-0.1, -0.05) is 18.2 Å². The molecule has 0 atom stereocenters. The van der Waals surface area contributed by atoms with Crippen LogP contribution in [0.2, 0.25) is 0 Å². The standard InChI is InChI=1S/C19H17BrFN3O2/c1-23(2)17-8-5-13(9-15(17)20)10-16-18(25)24(19(26)22-16)11-12-3-6-14(21)7-4-12/h3-10H,11H2,1-2H3,(H,22,26). The Morgan fingerprint density at radius 2 is 1.85 bits per heavy atom. The zero-order chi connectivity index (χ0) is 18.8. The van der Waals surface area contributed by atoms with Crippen LogP contribution in [-0.4, -0.2) is 30.9 Å². The van der Waals surface area contributed by atoms with Gasteiger partial charge in [-0.05, 0) is 57.4 Å². The second-order valence-corrected chi connectivity index (χ2v) is 6.97. The average molecular weight is 418 g/mol. The van der Waals surface area contributed by atoms with E-state index in [1.54, 1.807) is 18.2 Å². The molecule has 7 heteroatoms. The van der Waals surface area contributed by atoms with Gasteiger partial charge < -0.3 is 10.2 Å². The maximum absolute atomic E-state index is 13.0. The lowest BCUT2D eigenvalue weighted by Gasteiger charge is -2.14. The third-order valence-corrected chi connectivity index (χ3v) is 4.62. The van der Waals surface area contributed by atoms with Gasteiger partial charge in [0, 0.05) is 18.6 Å². The minimum absolute atomic E-state index is 0.0888. The van der Waals surface area contributed by atoms with Crippen molar-refractivity contribution in [2.24, 2.45) is 0 Å². The minimum atomic E-state index is -0.491. The smallest absolute Gasteiger partial charge is 0.329 e. The molecule has 0 aliphatic carbocycles. The Bertz CT molecular complexity index is 894. The van der Waals surface area contributed by atoms with Gasteiger partial charge in [-0.2, -0.15) is 0 Å². The topological polar surface area (TPSA) is 52.7 Å². The highest BCUT2D eigenvalue weighted by Gasteiger charge is 2.33. The number of nitrogens with one attached hydrogen (secondary N) is 1. The molecule has 1 aliphatic rings. The maximum Gasteiger partial charge on any atom is 0.329 e. The molecule has 1 N–H and O–H groups in total. The van der Waals surface area contributed by atoms with Crippen LogP contribution in [0.5, 0.6) is 0 Å². The normalized spacial score (nSPS) is 15.5. The number of hydrogen-bond donors (Lipinski definition) is 1. The van der Waals surface area contributed by atoms with E-state index >= 15 is 0 Å². The number of rotatable bonds is 4. The molecule has 0 spiro atoms. The number of carbonyl (C=O) groups excluding carboxylic acids is 2. The first kappa shape index (κ1) is 18.1. The summed E-state index contributed by atoms with van der Waals surface area (Å²) in [5.41, 5.74) is 2.68. The Balaban J connectivity index is 1.80. The van der Waals surface area contributed by atoms with Crippen molar-refractivity contribution in [2.45, 2.75) is 6.54 Å². The molecule has 2 aromatic rings. The molecule has 0 saturated carbocycles. The predicted octanol–water partition coefficient (Wildman–Crippen LogP) is 3.75. The molecule has 1 saturated heterocycles. The van der Waals surface area contributed by atoms with Crippen LogP contribution >= 0.6 is 15.9 Å². The van der Waals surface area contributed by atoms with E-state index in [0.29, 0.717) is 5.56 Å². The third kappa shape index (κ3) is 3.77. The summed E-state index contributed by atoms with van der Waals surface area (Å²) in [5, 5.41) is 2.59. The maximum atomic E-state index is 13.0. The predicted molar refractivity (Wildman–Crippen MR) is 102 cm³/mol. The van der Waals surface area contributed by atoms with E-state index in [1.165, 1.54) is 12.1 Å². The van der Waals surface area contributed by atoms with Crippen LogP contribution < -0.4 is 10.2 Å². The largest absolute Gasteiger partial charge is 0.377 e. The summed E-state index contributed by atoms with van der Waals surface area (Å²) in [7, 11) is 3.87. The van der Waals surface area contributed by atoms with Crippen LogP contribution in [0.1, 0.15) is 11.1 Å². The molecule has 3 amide bonds. The van der Waals surface area contributed by atoms with Gasteiger partial charge in [-0.25, -0.2) is 9.18 Å². The first-order valence-electron chi connectivity index (χ1n) is 7.91. The Morgan fingerprint density at radius 3 is 2.46 bits per heavy atom. The molecule has 3 rings (SSSR count). The summed E-state index contributed by atoms with van der Waals surface area (Å²) in [6.45, 7) is 0.0888. The number of anilines is 1. The molecule has 1 aliphatic heterocycles. The summed E-state index contributed by atoms with van der Waals surface area (Å²) in [6.07, 6.45) is 1.63. The van der Waals surface area contributed by atoms with Crippen molar-refractivity contribution in [2.75, 3.05) is 19.0 Å². The highest BCUT2D eigenvalue weighted by molar-refractivity contribution is 9.10. The molecule has 0 bridgehead atoms. The van der Waals surface area contributed by atoms with Crippen LogP contribution in [0, 0.1) is 5.82 Å². The minimum Gasteiger partial charge on any atom is -0.377 e. The van der Waals surface area contributed by atoms with E-state index < -0.39 is 11.9 Å². The number of benzene rings is 2. The van der Waals surface area contributed by atoms with Gasteiger partial charge in [0.05, 0.1) is 12.2 Å². The monoisotopic (exact) mass is 417 g/mol. The SMILES string of the molecule is CN(C)c1ccc(C=C2NC(=O)N(Cc3ccc(F)cc3)C2=O)cc1Br. The number of halogens is 2. The molecule has 134 valence electrons. The van der Waals surface area contributed by atoms with Gasteiger partial charge >= 0.3 is 6.03 Å². The van der Waals surface area contributed by atoms with Crippen LogP contribution in [0.4, 0.5) is 14.9 Å². The van der Waals surface area contributed by atoms with Crippen LogP contribution in [0.15, 0.2) is 52.6 Å². The lowest BCUT2D eigenvalue weighted by atomic mass is 10.1. The number of imide groups is 1. The van der Waals surface area contributed by atoms with Gasteiger partial charge in [0.25, 0.3) is 5.91 Å². The summed E-state index contributed by atoms with van der Waals surface area (Å²) in [5.74, 6) is -0.773. The van der Waals surface area contributed by atoms with Crippen molar-refractivity contribution in [3.63, 3.8) is 0 Å². The fourth-order valence-corrected chi connectivity index (χ4v) is 3.38. The molecule has 26 heavy (non-hydrogen) atoms. The summed E-state index contributed by atoms with van der Waals surface area (Å²) >= 11 is 3.50. The molecule has 1 heterocycles. The molecule has 2 aromatic carbocycles. The van der Waals surface area contributed by atoms with Gasteiger partial charge in [0.15, 0.2) is 0 Å². The van der Waals surface area contributed by atoms with E-state index in [4.69, 9.17) is 0 Å². The Hall–Kier alpha value is -2.67. The first-order chi connectivity index (χ1) is 12.3. The molecule has 0 aromatic heterocycles. The zero-order valence-electron chi connectivity index (χ0n) is 14.3. The summed E-state index contributed by atoms with van der Waals surface area (Å²) in [6, 6.07) is 10.9. The van der Waals surface area contributed by atoms with Crippen molar-refractivity contribution < 1.29 is 14.0 Å². The summed E-state index contributed by atoms with van der Waals surface area (Å²) in [4.78, 5) is 27.7. The molecular weight excluding hydrogens is 401 g/mol. The second-order valence-electron chi connectivity index (χ2n) is 6.11. The lowest BCUT2D eigenvalue weighted by molar-refractivity contribution is -0.123. The Morgan fingerprint density at radius 1 is 1.15 bits per heavy atom. The fraction of sp³-hybridized carbons (Fsp3) is 0.158. The van der Waals surface area contributed by atoms with Crippen molar-refractivity contribution in [1.82, 2.24) is 10.2 Å². The third-order valence-electron chi connectivity index (χ3n) is 3.98. The number of carbonyl (C=O) groups is 2. The highest BCUT2D eigenvalue weighted by Crippen LogP contribution is 2.27. The van der Waals surface area contributed by atoms with Crippen molar-refractivity contribution in [3.05, 3.63) is 69.6 Å². The fourth-order valence-electron chi connectivity index (χ4n) is 2.63. The van der Waals surface area contributed by atoms with Crippen LogP contribution in [-0.2, 0) is 11.3 Å². The molecule has 5 nitrogen and oxygen atoms in total. The van der Waals surface area contributed by atoms with E-state index in [-0.39, 0.29) is 18.1 Å². The average Bonchev–Trinajstić information content (AvgIpc) is 2.84. The van der Waals surface area contributed by atoms with E-state index in [1.807, 2.05) is 37.2 Å². The molecular formula is C19H17BrFN3O2. The van der Waals surface area contributed by atoms with Crippen molar-refractivity contribution in [1.29, 1.82) is 0 Å². The molecule has 1 fully saturated rings. The Labute approximate surface area is 159 Å². The molecule has 0 unspecified atom stereocenters. The first-order valence-corrected chi connectivity index (χ1v) is 8.70. The Kier molecular flexibility index (Phi) is 5.08. The number of nitrogens with zero attached hydrogens (tertiary/aromatic N) is 2.